The number of sulfonamides is 1. The topological polar surface area (TPSA) is 112 Å². The summed E-state index contributed by atoms with van der Waals surface area (Å²) in [5.41, 5.74) is 0. The molecular formula is C10H10FNO6S. The van der Waals surface area contributed by atoms with Crippen LogP contribution in [-0.4, -0.2) is 48.0 Å². The van der Waals surface area contributed by atoms with E-state index in [9.17, 15) is 22.4 Å². The summed E-state index contributed by atoms with van der Waals surface area (Å²) in [6.45, 7) is -2.13. The SMILES string of the molecule is O=C(O)CN(CC(=O)O)S(=O)(=O)c1ccccc1F. The average Bonchev–Trinajstić information content (AvgIpc) is 2.27. The number of aliphatic carboxylic acids is 2. The van der Waals surface area contributed by atoms with Gasteiger partial charge in [0, 0.05) is 0 Å². The quantitative estimate of drug-likeness (QED) is 0.762. The summed E-state index contributed by atoms with van der Waals surface area (Å²) in [4.78, 5) is 20.4. The molecule has 9 heteroatoms. The lowest BCUT2D eigenvalue weighted by Gasteiger charge is -2.18. The van der Waals surface area contributed by atoms with Crippen LogP contribution in [0.5, 0.6) is 0 Å². The fraction of sp³-hybridized carbons (Fsp3) is 0.200. The smallest absolute Gasteiger partial charge is 0.318 e. The van der Waals surface area contributed by atoms with Gasteiger partial charge in [0.25, 0.3) is 0 Å². The predicted molar refractivity (Wildman–Crippen MR) is 60.4 cm³/mol. The van der Waals surface area contributed by atoms with Crippen LogP contribution >= 0.6 is 0 Å². The van der Waals surface area contributed by atoms with E-state index in [0.29, 0.717) is 0 Å². The number of halogens is 1. The Labute approximate surface area is 107 Å². The maximum absolute atomic E-state index is 13.4. The molecule has 0 bridgehead atoms. The standard InChI is InChI=1S/C10H10FNO6S/c11-7-3-1-2-4-8(7)19(17,18)12(5-9(13)14)6-10(15)16/h1-4H,5-6H2,(H,13,14)(H,15,16). The van der Waals surface area contributed by atoms with E-state index in [1.165, 1.54) is 12.1 Å². The van der Waals surface area contributed by atoms with Crippen LogP contribution in [0.25, 0.3) is 0 Å². The highest BCUT2D eigenvalue weighted by molar-refractivity contribution is 7.89. The van der Waals surface area contributed by atoms with Gasteiger partial charge in [-0.15, -0.1) is 0 Å². The van der Waals surface area contributed by atoms with Gasteiger partial charge in [0.2, 0.25) is 10.0 Å². The number of rotatable bonds is 6. The summed E-state index contributed by atoms with van der Waals surface area (Å²) in [5, 5.41) is 17.2. The molecule has 0 aromatic heterocycles. The van der Waals surface area contributed by atoms with E-state index in [1.807, 2.05) is 0 Å². The van der Waals surface area contributed by atoms with Crippen LogP contribution in [-0.2, 0) is 19.6 Å². The molecule has 1 aromatic rings. The molecule has 19 heavy (non-hydrogen) atoms. The third-order valence-corrected chi connectivity index (χ3v) is 3.90. The lowest BCUT2D eigenvalue weighted by Crippen LogP contribution is -2.39. The second-order valence-corrected chi connectivity index (χ2v) is 5.40. The third kappa shape index (κ3) is 3.73. The zero-order valence-corrected chi connectivity index (χ0v) is 10.3. The monoisotopic (exact) mass is 291 g/mol. The van der Waals surface area contributed by atoms with Crippen LogP contribution in [0.4, 0.5) is 4.39 Å². The molecule has 0 amide bonds. The number of carboxylic acid groups (broad SMARTS) is 2. The first-order chi connectivity index (χ1) is 8.75. The summed E-state index contributed by atoms with van der Waals surface area (Å²) in [5.74, 6) is -4.16. The van der Waals surface area contributed by atoms with Crippen molar-refractivity contribution in [1.29, 1.82) is 0 Å². The van der Waals surface area contributed by atoms with Crippen LogP contribution in [0, 0.1) is 5.82 Å². The van der Waals surface area contributed by atoms with Crippen molar-refractivity contribution in [3.63, 3.8) is 0 Å². The fourth-order valence-corrected chi connectivity index (χ4v) is 2.72. The van der Waals surface area contributed by atoms with E-state index in [0.717, 1.165) is 12.1 Å². The summed E-state index contributed by atoms with van der Waals surface area (Å²) in [6.07, 6.45) is 0. The van der Waals surface area contributed by atoms with Gasteiger partial charge in [-0.2, -0.15) is 4.31 Å². The third-order valence-electron chi connectivity index (χ3n) is 2.08. The lowest BCUT2D eigenvalue weighted by atomic mass is 10.4. The van der Waals surface area contributed by atoms with Gasteiger partial charge in [0.05, 0.1) is 0 Å². The van der Waals surface area contributed by atoms with E-state index in [2.05, 4.69) is 0 Å². The highest BCUT2D eigenvalue weighted by Gasteiger charge is 2.30. The Balaban J connectivity index is 3.23. The van der Waals surface area contributed by atoms with Gasteiger partial charge in [-0.3, -0.25) is 9.59 Å². The Hall–Kier alpha value is -2.00. The number of hydrogen-bond donors (Lipinski definition) is 2. The molecule has 0 saturated carbocycles. The second-order valence-electron chi connectivity index (χ2n) is 3.49. The van der Waals surface area contributed by atoms with Gasteiger partial charge in [-0.1, -0.05) is 12.1 Å². The molecule has 0 unspecified atom stereocenters. The van der Waals surface area contributed by atoms with Crippen LogP contribution < -0.4 is 0 Å². The Kier molecular flexibility index (Phi) is 4.57. The van der Waals surface area contributed by atoms with Crippen molar-refractivity contribution in [2.45, 2.75) is 4.90 Å². The molecule has 0 saturated heterocycles. The second kappa shape index (κ2) is 5.76. The fourth-order valence-electron chi connectivity index (χ4n) is 1.32. The molecule has 0 heterocycles. The van der Waals surface area contributed by atoms with Gasteiger partial charge < -0.3 is 10.2 Å². The lowest BCUT2D eigenvalue weighted by molar-refractivity contribution is -0.139. The van der Waals surface area contributed by atoms with Crippen LogP contribution in [0.15, 0.2) is 29.2 Å². The predicted octanol–water partition coefficient (Wildman–Crippen LogP) is -0.0144. The highest BCUT2D eigenvalue weighted by atomic mass is 32.2. The normalized spacial score (nSPS) is 11.5. The van der Waals surface area contributed by atoms with Crippen molar-refractivity contribution in [1.82, 2.24) is 4.31 Å². The van der Waals surface area contributed by atoms with Crippen molar-refractivity contribution in [2.24, 2.45) is 0 Å². The maximum Gasteiger partial charge on any atom is 0.318 e. The number of nitrogens with zero attached hydrogens (tertiary/aromatic N) is 1. The van der Waals surface area contributed by atoms with Crippen molar-refractivity contribution in [2.75, 3.05) is 13.1 Å². The molecule has 104 valence electrons. The molecular weight excluding hydrogens is 281 g/mol. The first kappa shape index (κ1) is 15.1. The van der Waals surface area contributed by atoms with E-state index in [1.54, 1.807) is 0 Å². The van der Waals surface area contributed by atoms with Gasteiger partial charge in [0.1, 0.15) is 23.8 Å². The summed E-state index contributed by atoms with van der Waals surface area (Å²) in [6, 6.07) is 4.32. The molecule has 2 N–H and O–H groups in total. The van der Waals surface area contributed by atoms with Gasteiger partial charge in [0.15, 0.2) is 0 Å². The van der Waals surface area contributed by atoms with Crippen molar-refractivity contribution < 1.29 is 32.6 Å². The first-order valence-corrected chi connectivity index (χ1v) is 6.37. The molecule has 1 aromatic carbocycles. The molecule has 0 aliphatic carbocycles. The highest BCUT2D eigenvalue weighted by Crippen LogP contribution is 2.18. The molecule has 0 spiro atoms. The van der Waals surface area contributed by atoms with Gasteiger partial charge in [-0.25, -0.2) is 12.8 Å². The van der Waals surface area contributed by atoms with E-state index < -0.39 is 45.8 Å². The summed E-state index contributed by atoms with van der Waals surface area (Å²) in [7, 11) is -4.53. The number of carboxylic acids is 2. The molecule has 0 atom stereocenters. The Morgan fingerprint density at radius 3 is 2.00 bits per heavy atom. The minimum atomic E-state index is -4.53. The summed E-state index contributed by atoms with van der Waals surface area (Å²) >= 11 is 0. The minimum Gasteiger partial charge on any atom is -0.480 e. The number of hydrogen-bond acceptors (Lipinski definition) is 4. The Morgan fingerprint density at radius 2 is 1.58 bits per heavy atom. The van der Waals surface area contributed by atoms with E-state index >= 15 is 0 Å². The Bertz CT molecular complexity index is 584. The van der Waals surface area contributed by atoms with E-state index in [-0.39, 0.29) is 4.31 Å². The average molecular weight is 291 g/mol. The maximum atomic E-state index is 13.4. The molecule has 0 aliphatic rings. The van der Waals surface area contributed by atoms with Crippen LogP contribution in [0.1, 0.15) is 0 Å². The first-order valence-electron chi connectivity index (χ1n) is 4.93. The van der Waals surface area contributed by atoms with Crippen molar-refractivity contribution >= 4 is 22.0 Å². The van der Waals surface area contributed by atoms with Crippen LogP contribution in [0.3, 0.4) is 0 Å². The molecule has 1 rings (SSSR count). The van der Waals surface area contributed by atoms with Gasteiger partial charge >= 0.3 is 11.9 Å². The van der Waals surface area contributed by atoms with Crippen LogP contribution in [0.2, 0.25) is 0 Å². The van der Waals surface area contributed by atoms with Crippen molar-refractivity contribution in [3.8, 4) is 0 Å². The molecule has 7 nitrogen and oxygen atoms in total. The largest absolute Gasteiger partial charge is 0.480 e. The van der Waals surface area contributed by atoms with Crippen molar-refractivity contribution in [3.05, 3.63) is 30.1 Å². The van der Waals surface area contributed by atoms with E-state index in [4.69, 9.17) is 10.2 Å². The number of carbonyl (C=O) groups is 2. The zero-order chi connectivity index (χ0) is 14.6. The zero-order valence-electron chi connectivity index (χ0n) is 9.48. The summed E-state index contributed by atoms with van der Waals surface area (Å²) < 4.78 is 37.6. The molecule has 0 fully saturated rings. The molecule has 0 aliphatic heterocycles. The minimum absolute atomic E-state index is 0.177. The Morgan fingerprint density at radius 1 is 1.11 bits per heavy atom. The number of benzene rings is 1. The molecule has 0 radical (unpaired) electrons. The van der Waals surface area contributed by atoms with Gasteiger partial charge in [-0.05, 0) is 12.1 Å².